The lowest BCUT2D eigenvalue weighted by Gasteiger charge is -1.99. The van der Waals surface area contributed by atoms with Crippen LogP contribution < -0.4 is 4.74 Å². The van der Waals surface area contributed by atoms with Gasteiger partial charge < -0.3 is 4.74 Å². The quantitative estimate of drug-likeness (QED) is 0.678. The summed E-state index contributed by atoms with van der Waals surface area (Å²) in [7, 11) is 1.57. The van der Waals surface area contributed by atoms with Gasteiger partial charge in [0.25, 0.3) is 0 Å². The van der Waals surface area contributed by atoms with Crippen molar-refractivity contribution in [3.05, 3.63) is 36.4 Å². The van der Waals surface area contributed by atoms with Gasteiger partial charge in [0.2, 0.25) is 0 Å². The van der Waals surface area contributed by atoms with E-state index >= 15 is 0 Å². The van der Waals surface area contributed by atoms with E-state index in [-0.39, 0.29) is 0 Å². The zero-order valence-corrected chi connectivity index (χ0v) is 8.30. The summed E-state index contributed by atoms with van der Waals surface area (Å²) in [6, 6.07) is 6.64. The molecule has 72 valence electrons. The molecule has 1 aromatic carbocycles. The van der Waals surface area contributed by atoms with Crippen LogP contribution in [0.3, 0.4) is 0 Å². The molecule has 0 unspecified atom stereocenters. The molecule has 0 saturated heterocycles. The highest BCUT2D eigenvalue weighted by molar-refractivity contribution is 5.57. The van der Waals surface area contributed by atoms with E-state index in [9.17, 15) is 4.39 Å². The number of hydrogen-bond acceptors (Lipinski definition) is 1. The number of halogens is 1. The average molecular weight is 182 g/mol. The molecule has 0 atom stereocenters. The summed E-state index contributed by atoms with van der Waals surface area (Å²) in [5.74, 6) is 0.294. The fourth-order valence-electron chi connectivity index (χ4n) is 0.772. The van der Waals surface area contributed by atoms with E-state index in [4.69, 9.17) is 4.74 Å². The lowest BCUT2D eigenvalue weighted by atomic mass is 10.2. The monoisotopic (exact) mass is 182 g/mol. The third kappa shape index (κ3) is 3.74. The van der Waals surface area contributed by atoms with Gasteiger partial charge in [-0.25, -0.2) is 4.39 Å². The molecule has 0 aromatic heterocycles. The molecule has 0 spiro atoms. The maximum atomic E-state index is 12.4. The predicted octanol–water partition coefficient (Wildman–Crippen LogP) is 3.66. The van der Waals surface area contributed by atoms with E-state index in [1.54, 1.807) is 31.4 Å². The first kappa shape index (κ1) is 11.7. The molecular weight excluding hydrogens is 167 g/mol. The third-order valence-corrected chi connectivity index (χ3v) is 1.40. The summed E-state index contributed by atoms with van der Waals surface area (Å²) in [4.78, 5) is 0. The molecule has 1 rings (SSSR count). The molecule has 0 fully saturated rings. The number of benzene rings is 1. The molecular formula is C11H15FO. The lowest BCUT2D eigenvalue weighted by Crippen LogP contribution is -1.82. The van der Waals surface area contributed by atoms with Crippen molar-refractivity contribution < 1.29 is 9.13 Å². The van der Waals surface area contributed by atoms with E-state index in [1.165, 1.54) is 0 Å². The zero-order chi connectivity index (χ0) is 10.3. The predicted molar refractivity (Wildman–Crippen MR) is 54.5 cm³/mol. The first-order valence-corrected chi connectivity index (χ1v) is 4.23. The molecule has 0 amide bonds. The lowest BCUT2D eigenvalue weighted by molar-refractivity contribution is 0.414. The normalized spacial score (nSPS) is 8.31. The molecule has 0 aliphatic carbocycles. The van der Waals surface area contributed by atoms with Crippen molar-refractivity contribution >= 4 is 5.83 Å². The minimum absolute atomic E-state index is 0.423. The van der Waals surface area contributed by atoms with Gasteiger partial charge in [-0.1, -0.05) is 20.4 Å². The van der Waals surface area contributed by atoms with Crippen LogP contribution in [0.5, 0.6) is 5.75 Å². The van der Waals surface area contributed by atoms with Crippen molar-refractivity contribution in [3.63, 3.8) is 0 Å². The summed E-state index contributed by atoms with van der Waals surface area (Å²) in [6.45, 7) is 7.17. The van der Waals surface area contributed by atoms with E-state index in [0.29, 0.717) is 5.56 Å². The zero-order valence-electron chi connectivity index (χ0n) is 8.30. The third-order valence-electron chi connectivity index (χ3n) is 1.40. The van der Waals surface area contributed by atoms with Gasteiger partial charge in [0.05, 0.1) is 7.11 Å². The Kier molecular flexibility index (Phi) is 5.60. The smallest absolute Gasteiger partial charge is 0.123 e. The Labute approximate surface area is 78.9 Å². The van der Waals surface area contributed by atoms with Crippen LogP contribution in [0.25, 0.3) is 5.83 Å². The van der Waals surface area contributed by atoms with Gasteiger partial charge in [-0.3, -0.25) is 0 Å². The van der Waals surface area contributed by atoms with Gasteiger partial charge in [0, 0.05) is 5.56 Å². The second-order valence-corrected chi connectivity index (χ2v) is 2.13. The molecule has 0 bridgehead atoms. The van der Waals surface area contributed by atoms with Gasteiger partial charge in [-0.15, -0.1) is 0 Å². The van der Waals surface area contributed by atoms with Gasteiger partial charge in [0.1, 0.15) is 11.6 Å². The van der Waals surface area contributed by atoms with Gasteiger partial charge in [-0.05, 0) is 24.3 Å². The maximum Gasteiger partial charge on any atom is 0.123 e. The Morgan fingerprint density at radius 2 is 1.69 bits per heavy atom. The summed E-state index contributed by atoms with van der Waals surface area (Å²) in [5.41, 5.74) is 0.491. The second-order valence-electron chi connectivity index (χ2n) is 2.13. The van der Waals surface area contributed by atoms with Crippen molar-refractivity contribution in [1.82, 2.24) is 0 Å². The van der Waals surface area contributed by atoms with Crippen molar-refractivity contribution in [2.75, 3.05) is 7.11 Å². The van der Waals surface area contributed by atoms with Crippen molar-refractivity contribution in [3.8, 4) is 5.75 Å². The average Bonchev–Trinajstić information content (AvgIpc) is 2.21. The fraction of sp³-hybridized carbons (Fsp3) is 0.273. The summed E-state index contributed by atoms with van der Waals surface area (Å²) >= 11 is 0. The minimum Gasteiger partial charge on any atom is -0.497 e. The van der Waals surface area contributed by atoms with Crippen LogP contribution >= 0.6 is 0 Å². The molecule has 13 heavy (non-hydrogen) atoms. The summed E-state index contributed by atoms with van der Waals surface area (Å²) < 4.78 is 17.3. The van der Waals surface area contributed by atoms with Crippen LogP contribution in [0, 0.1) is 0 Å². The Morgan fingerprint density at radius 1 is 1.23 bits per heavy atom. The number of hydrogen-bond donors (Lipinski definition) is 0. The van der Waals surface area contributed by atoms with Crippen LogP contribution in [0.4, 0.5) is 4.39 Å². The molecule has 0 aliphatic heterocycles. The molecule has 0 saturated carbocycles. The van der Waals surface area contributed by atoms with Gasteiger partial charge in [0.15, 0.2) is 0 Å². The molecule has 0 N–H and O–H groups in total. The second kappa shape index (κ2) is 6.23. The first-order valence-electron chi connectivity index (χ1n) is 4.23. The SMILES string of the molecule is C=C(F)c1ccc(OC)cc1.CC. The Morgan fingerprint density at radius 3 is 2.00 bits per heavy atom. The highest BCUT2D eigenvalue weighted by Gasteiger charge is 1.95. The Hall–Kier alpha value is -1.31. The molecule has 0 heterocycles. The van der Waals surface area contributed by atoms with E-state index in [0.717, 1.165) is 5.75 Å². The van der Waals surface area contributed by atoms with Crippen LogP contribution in [0.1, 0.15) is 19.4 Å². The van der Waals surface area contributed by atoms with Crippen molar-refractivity contribution in [2.24, 2.45) is 0 Å². The van der Waals surface area contributed by atoms with Gasteiger partial charge >= 0.3 is 0 Å². The van der Waals surface area contributed by atoms with E-state index in [2.05, 4.69) is 6.58 Å². The minimum atomic E-state index is -0.423. The largest absolute Gasteiger partial charge is 0.497 e. The van der Waals surface area contributed by atoms with Crippen LogP contribution in [-0.2, 0) is 0 Å². The number of methoxy groups -OCH3 is 1. The van der Waals surface area contributed by atoms with Crippen molar-refractivity contribution in [2.45, 2.75) is 13.8 Å². The van der Waals surface area contributed by atoms with Crippen LogP contribution in [0.15, 0.2) is 30.8 Å². The maximum absolute atomic E-state index is 12.4. The number of rotatable bonds is 2. The highest BCUT2D eigenvalue weighted by Crippen LogP contribution is 2.17. The topological polar surface area (TPSA) is 9.23 Å². The molecule has 1 aromatic rings. The first-order chi connectivity index (χ1) is 6.24. The molecule has 0 aliphatic rings. The highest BCUT2D eigenvalue weighted by atomic mass is 19.1. The van der Waals surface area contributed by atoms with Crippen molar-refractivity contribution in [1.29, 1.82) is 0 Å². The molecule has 2 heteroatoms. The van der Waals surface area contributed by atoms with Gasteiger partial charge in [-0.2, -0.15) is 0 Å². The standard InChI is InChI=1S/C9H9FO.C2H6/c1-7(10)8-3-5-9(11-2)6-4-8;1-2/h3-6H,1H2,2H3;1-2H3. The summed E-state index contributed by atoms with van der Waals surface area (Å²) in [6.07, 6.45) is 0. The molecule has 1 nitrogen and oxygen atoms in total. The Balaban J connectivity index is 0.000000671. The van der Waals surface area contributed by atoms with E-state index in [1.807, 2.05) is 13.8 Å². The Bertz CT molecular complexity index is 251. The molecule has 0 radical (unpaired) electrons. The summed E-state index contributed by atoms with van der Waals surface area (Å²) in [5, 5.41) is 0. The van der Waals surface area contributed by atoms with Crippen LogP contribution in [0.2, 0.25) is 0 Å². The number of ether oxygens (including phenoxy) is 1. The fourth-order valence-corrected chi connectivity index (χ4v) is 0.772. The van der Waals surface area contributed by atoms with E-state index < -0.39 is 5.83 Å². The van der Waals surface area contributed by atoms with Crippen LogP contribution in [-0.4, -0.2) is 7.11 Å².